The zero-order chi connectivity index (χ0) is 25.4. The molecule has 0 aliphatic rings. The van der Waals surface area contributed by atoms with Crippen molar-refractivity contribution in [2.45, 2.75) is 38.6 Å². The molecule has 1 N–H and O–H groups in total. The topological polar surface area (TPSA) is 97.8 Å². The van der Waals surface area contributed by atoms with E-state index in [9.17, 15) is 13.2 Å². The van der Waals surface area contributed by atoms with Crippen LogP contribution in [0.15, 0.2) is 65.7 Å². The maximum atomic E-state index is 13.7. The summed E-state index contributed by atoms with van der Waals surface area (Å²) < 4.78 is 39.3. The fourth-order valence-corrected chi connectivity index (χ4v) is 5.33. The minimum Gasteiger partial charge on any atom is -0.497 e. The van der Waals surface area contributed by atoms with Crippen molar-refractivity contribution in [3.05, 3.63) is 77.5 Å². The van der Waals surface area contributed by atoms with Gasteiger partial charge in [0, 0.05) is 31.3 Å². The number of anilines is 1. The molecular formula is C26H31N3O5S. The third-order valence-electron chi connectivity index (χ3n) is 5.41. The van der Waals surface area contributed by atoms with E-state index >= 15 is 0 Å². The average molecular weight is 498 g/mol. The van der Waals surface area contributed by atoms with Crippen molar-refractivity contribution >= 4 is 21.6 Å². The van der Waals surface area contributed by atoms with Gasteiger partial charge in [0.05, 0.1) is 24.3 Å². The Morgan fingerprint density at radius 3 is 2.49 bits per heavy atom. The van der Waals surface area contributed by atoms with Crippen molar-refractivity contribution < 1.29 is 22.7 Å². The summed E-state index contributed by atoms with van der Waals surface area (Å²) in [6.45, 7) is 6.20. The molecule has 3 rings (SSSR count). The third kappa shape index (κ3) is 6.51. The van der Waals surface area contributed by atoms with Gasteiger partial charge in [0.1, 0.15) is 5.75 Å². The molecule has 1 aromatic heterocycles. The summed E-state index contributed by atoms with van der Waals surface area (Å²) in [5, 5.41) is 2.83. The van der Waals surface area contributed by atoms with Gasteiger partial charge in [-0.15, -0.1) is 0 Å². The monoisotopic (exact) mass is 497 g/mol. The normalized spacial score (nSPS) is 11.1. The second-order valence-corrected chi connectivity index (χ2v) is 9.80. The Morgan fingerprint density at radius 1 is 1.09 bits per heavy atom. The molecule has 0 aliphatic heterocycles. The van der Waals surface area contributed by atoms with Gasteiger partial charge in [0.15, 0.2) is 0 Å². The number of carbonyl (C=O) groups excluding carboxylic acids is 1. The predicted molar refractivity (Wildman–Crippen MR) is 135 cm³/mol. The summed E-state index contributed by atoms with van der Waals surface area (Å²) in [5.74, 6) is 0.787. The Hall–Kier alpha value is -3.59. The van der Waals surface area contributed by atoms with Crippen LogP contribution < -0.4 is 19.1 Å². The molecule has 8 nitrogen and oxygen atoms in total. The fourth-order valence-electron chi connectivity index (χ4n) is 3.65. The fraction of sp³-hybridized carbons (Fsp3) is 0.308. The van der Waals surface area contributed by atoms with Gasteiger partial charge in [0.2, 0.25) is 11.8 Å². The van der Waals surface area contributed by atoms with E-state index in [0.717, 1.165) is 11.1 Å². The highest BCUT2D eigenvalue weighted by Gasteiger charge is 2.27. The number of carbonyl (C=O) groups is 1. The number of methoxy groups -OCH3 is 1. The SMILES string of the molecule is CCOc1ncccc1CNC(=O)CCN(c1ccc(OC)cc1)S(=O)(=O)c1ccc(C)cc1C. The van der Waals surface area contributed by atoms with Crippen LogP contribution >= 0.6 is 0 Å². The first-order chi connectivity index (χ1) is 16.8. The van der Waals surface area contributed by atoms with Gasteiger partial charge < -0.3 is 14.8 Å². The number of nitrogens with one attached hydrogen (secondary N) is 1. The Kier molecular flexibility index (Phi) is 8.70. The smallest absolute Gasteiger partial charge is 0.264 e. The van der Waals surface area contributed by atoms with Crippen LogP contribution in [0.3, 0.4) is 0 Å². The predicted octanol–water partition coefficient (Wildman–Crippen LogP) is 4.01. The van der Waals surface area contributed by atoms with Crippen LogP contribution in [-0.2, 0) is 21.4 Å². The second kappa shape index (κ2) is 11.7. The average Bonchev–Trinajstić information content (AvgIpc) is 2.84. The number of pyridine rings is 1. The van der Waals surface area contributed by atoms with Crippen molar-refractivity contribution in [1.29, 1.82) is 0 Å². The number of nitrogens with zero attached hydrogens (tertiary/aromatic N) is 2. The van der Waals surface area contributed by atoms with Crippen LogP contribution in [0.25, 0.3) is 0 Å². The van der Waals surface area contributed by atoms with Gasteiger partial charge in [-0.1, -0.05) is 23.8 Å². The van der Waals surface area contributed by atoms with E-state index < -0.39 is 10.0 Å². The van der Waals surface area contributed by atoms with Crippen molar-refractivity contribution in [1.82, 2.24) is 10.3 Å². The molecule has 1 heterocycles. The summed E-state index contributed by atoms with van der Waals surface area (Å²) in [6, 6.07) is 15.5. The summed E-state index contributed by atoms with van der Waals surface area (Å²) in [4.78, 5) is 17.1. The van der Waals surface area contributed by atoms with Gasteiger partial charge in [0.25, 0.3) is 10.0 Å². The lowest BCUT2D eigenvalue weighted by Crippen LogP contribution is -2.35. The largest absolute Gasteiger partial charge is 0.497 e. The van der Waals surface area contributed by atoms with Crippen LogP contribution in [-0.4, -0.2) is 39.6 Å². The third-order valence-corrected chi connectivity index (χ3v) is 7.40. The first-order valence-electron chi connectivity index (χ1n) is 11.3. The second-order valence-electron chi connectivity index (χ2n) is 7.97. The summed E-state index contributed by atoms with van der Waals surface area (Å²) in [7, 11) is -2.37. The van der Waals surface area contributed by atoms with Crippen molar-refractivity contribution in [3.8, 4) is 11.6 Å². The highest BCUT2D eigenvalue weighted by atomic mass is 32.2. The van der Waals surface area contributed by atoms with Gasteiger partial charge in [-0.3, -0.25) is 9.10 Å². The Labute approximate surface area is 207 Å². The molecule has 0 unspecified atom stereocenters. The van der Waals surface area contributed by atoms with E-state index in [2.05, 4.69) is 10.3 Å². The molecule has 35 heavy (non-hydrogen) atoms. The van der Waals surface area contributed by atoms with Gasteiger partial charge >= 0.3 is 0 Å². The number of amides is 1. The standard InChI is InChI=1S/C26H31N3O5S/c1-5-34-26-21(7-6-15-27-26)18-28-25(30)14-16-29(22-9-11-23(33-4)12-10-22)35(31,32)24-13-8-19(2)17-20(24)3/h6-13,15,17H,5,14,16,18H2,1-4H3,(H,28,30). The first-order valence-corrected chi connectivity index (χ1v) is 12.8. The molecule has 0 radical (unpaired) electrons. The molecule has 3 aromatic rings. The molecule has 0 fully saturated rings. The minimum atomic E-state index is -3.92. The van der Waals surface area contributed by atoms with Crippen molar-refractivity contribution in [2.24, 2.45) is 0 Å². The Morgan fingerprint density at radius 2 is 1.83 bits per heavy atom. The number of aromatic nitrogens is 1. The molecule has 0 bridgehead atoms. The van der Waals surface area contributed by atoms with Gasteiger partial charge in [-0.25, -0.2) is 13.4 Å². The molecule has 2 aromatic carbocycles. The van der Waals surface area contributed by atoms with E-state index in [1.807, 2.05) is 26.0 Å². The number of benzene rings is 2. The van der Waals surface area contributed by atoms with Gasteiger partial charge in [-0.05, 0) is 62.7 Å². The van der Waals surface area contributed by atoms with E-state index in [4.69, 9.17) is 9.47 Å². The van der Waals surface area contributed by atoms with Crippen LogP contribution in [0.2, 0.25) is 0 Å². The number of rotatable bonds is 11. The number of hydrogen-bond donors (Lipinski definition) is 1. The highest BCUT2D eigenvalue weighted by Crippen LogP contribution is 2.28. The molecule has 9 heteroatoms. The quantitative estimate of drug-likeness (QED) is 0.430. The van der Waals surface area contributed by atoms with Gasteiger partial charge in [-0.2, -0.15) is 0 Å². The highest BCUT2D eigenvalue weighted by molar-refractivity contribution is 7.92. The zero-order valence-corrected chi connectivity index (χ0v) is 21.3. The molecule has 1 amide bonds. The number of ether oxygens (including phenoxy) is 2. The van der Waals surface area contributed by atoms with Crippen molar-refractivity contribution in [3.63, 3.8) is 0 Å². The van der Waals surface area contributed by atoms with Crippen LogP contribution in [0, 0.1) is 13.8 Å². The Balaban J connectivity index is 1.80. The van der Waals surface area contributed by atoms with Crippen LogP contribution in [0.5, 0.6) is 11.6 Å². The maximum absolute atomic E-state index is 13.7. The number of aryl methyl sites for hydroxylation is 2. The maximum Gasteiger partial charge on any atom is 0.264 e. The van der Waals surface area contributed by atoms with E-state index in [-0.39, 0.29) is 30.3 Å². The summed E-state index contributed by atoms with van der Waals surface area (Å²) in [6.07, 6.45) is 1.60. The lowest BCUT2D eigenvalue weighted by atomic mass is 10.2. The number of sulfonamides is 1. The molecule has 0 saturated carbocycles. The van der Waals surface area contributed by atoms with Crippen molar-refractivity contribution in [2.75, 3.05) is 24.6 Å². The summed E-state index contributed by atoms with van der Waals surface area (Å²) in [5.41, 5.74) is 2.81. The van der Waals surface area contributed by atoms with E-state index in [1.165, 1.54) is 4.31 Å². The minimum absolute atomic E-state index is 0.0274. The summed E-state index contributed by atoms with van der Waals surface area (Å²) >= 11 is 0. The van der Waals surface area contributed by atoms with E-state index in [0.29, 0.717) is 29.5 Å². The van der Waals surface area contributed by atoms with E-state index in [1.54, 1.807) is 62.7 Å². The molecule has 0 spiro atoms. The lowest BCUT2D eigenvalue weighted by molar-refractivity contribution is -0.121. The molecule has 0 atom stereocenters. The van der Waals surface area contributed by atoms with Crippen LogP contribution in [0.4, 0.5) is 5.69 Å². The first kappa shape index (κ1) is 26.0. The molecule has 0 aliphatic carbocycles. The van der Waals surface area contributed by atoms with Crippen LogP contribution in [0.1, 0.15) is 30.0 Å². The lowest BCUT2D eigenvalue weighted by Gasteiger charge is -2.25. The number of hydrogen-bond acceptors (Lipinski definition) is 6. The Bertz CT molecular complexity index is 1260. The molecular weight excluding hydrogens is 466 g/mol. The molecule has 186 valence electrons. The zero-order valence-electron chi connectivity index (χ0n) is 20.4. The molecule has 0 saturated heterocycles.